The van der Waals surface area contributed by atoms with Crippen molar-refractivity contribution >= 4 is 0 Å². The average molecular weight is 355 g/mol. The third-order valence-corrected chi connectivity index (χ3v) is 6.05. The summed E-state index contributed by atoms with van der Waals surface area (Å²) in [5, 5.41) is 0. The summed E-state index contributed by atoms with van der Waals surface area (Å²) >= 11 is 0. The summed E-state index contributed by atoms with van der Waals surface area (Å²) < 4.78 is 11.0. The number of rotatable bonds is 6. The monoisotopic (exact) mass is 355 g/mol. The maximum atomic E-state index is 5.53. The number of hydrogen-bond donors (Lipinski definition) is 0. The van der Waals surface area contributed by atoms with E-state index in [2.05, 4.69) is 33.0 Å². The zero-order valence-electron chi connectivity index (χ0n) is 15.6. The summed E-state index contributed by atoms with van der Waals surface area (Å²) in [5.74, 6) is 1.07. The molecule has 0 bridgehead atoms. The van der Waals surface area contributed by atoms with Gasteiger partial charge in [0, 0.05) is 32.4 Å². The summed E-state index contributed by atoms with van der Waals surface area (Å²) in [5.41, 5.74) is 1.58. The molecule has 0 radical (unpaired) electrons. The molecule has 4 rings (SSSR count). The molecule has 4 heterocycles. The van der Waals surface area contributed by atoms with Crippen LogP contribution in [0.2, 0.25) is 0 Å². The number of furan rings is 1. The van der Waals surface area contributed by atoms with Crippen molar-refractivity contribution in [2.75, 3.05) is 33.4 Å². The Morgan fingerprint density at radius 2 is 2.08 bits per heavy atom. The van der Waals surface area contributed by atoms with Crippen molar-refractivity contribution in [3.63, 3.8) is 0 Å². The molecule has 2 saturated heterocycles. The fraction of sp³-hybridized carbons (Fsp3) is 0.571. The fourth-order valence-electron chi connectivity index (χ4n) is 4.67. The lowest BCUT2D eigenvalue weighted by Gasteiger charge is -2.39. The second-order valence-electron chi connectivity index (χ2n) is 7.89. The summed E-state index contributed by atoms with van der Waals surface area (Å²) in [6.07, 6.45) is 7.41. The predicted octanol–water partition coefficient (Wildman–Crippen LogP) is 3.18. The predicted molar refractivity (Wildman–Crippen MR) is 101 cm³/mol. The standard InChI is InChI=1S/C21H29N3O2/c1-25-16-19-13-21(17-24(19)14-18-5-2-3-9-22-18)7-10-23(11-8-21)15-20-6-4-12-26-20/h2-6,9,12,19H,7-8,10-11,13-17H2,1H3. The first-order valence-electron chi connectivity index (χ1n) is 9.64. The van der Waals surface area contributed by atoms with Gasteiger partial charge in [0.05, 0.1) is 25.1 Å². The van der Waals surface area contributed by atoms with Crippen molar-refractivity contribution in [1.29, 1.82) is 0 Å². The molecule has 2 fully saturated rings. The minimum Gasteiger partial charge on any atom is -0.468 e. The van der Waals surface area contributed by atoms with Gasteiger partial charge in [-0.15, -0.1) is 0 Å². The van der Waals surface area contributed by atoms with Crippen LogP contribution in [0.1, 0.15) is 30.7 Å². The first-order valence-corrected chi connectivity index (χ1v) is 9.64. The van der Waals surface area contributed by atoms with E-state index in [1.165, 1.54) is 19.3 Å². The first kappa shape index (κ1) is 17.7. The summed E-state index contributed by atoms with van der Waals surface area (Å²) in [6, 6.07) is 10.7. The molecule has 2 aliphatic heterocycles. The minimum atomic E-state index is 0.428. The molecule has 2 aromatic heterocycles. The molecule has 2 aliphatic rings. The SMILES string of the molecule is COCC1CC2(CCN(Cc3ccco3)CC2)CN1Cc1ccccn1. The molecule has 26 heavy (non-hydrogen) atoms. The maximum absolute atomic E-state index is 5.53. The third kappa shape index (κ3) is 4.00. The van der Waals surface area contributed by atoms with Gasteiger partial charge in [-0.1, -0.05) is 6.07 Å². The molecule has 140 valence electrons. The van der Waals surface area contributed by atoms with Crippen molar-refractivity contribution in [2.24, 2.45) is 5.41 Å². The van der Waals surface area contributed by atoms with E-state index in [1.807, 2.05) is 25.4 Å². The number of methoxy groups -OCH3 is 1. The number of likely N-dealkylation sites (tertiary alicyclic amines) is 2. The largest absolute Gasteiger partial charge is 0.468 e. The highest BCUT2D eigenvalue weighted by Crippen LogP contribution is 2.44. The molecule has 0 N–H and O–H groups in total. The van der Waals surface area contributed by atoms with Gasteiger partial charge in [0.2, 0.25) is 0 Å². The van der Waals surface area contributed by atoms with Gasteiger partial charge in [-0.3, -0.25) is 14.8 Å². The highest BCUT2D eigenvalue weighted by molar-refractivity contribution is 5.07. The molecule has 0 saturated carbocycles. The van der Waals surface area contributed by atoms with E-state index >= 15 is 0 Å². The van der Waals surface area contributed by atoms with Gasteiger partial charge in [-0.2, -0.15) is 0 Å². The Morgan fingerprint density at radius 3 is 2.77 bits per heavy atom. The molecule has 1 unspecified atom stereocenters. The van der Waals surface area contributed by atoms with Crippen LogP contribution in [0, 0.1) is 5.41 Å². The molecule has 0 aliphatic carbocycles. The number of nitrogens with zero attached hydrogens (tertiary/aromatic N) is 3. The van der Waals surface area contributed by atoms with Crippen molar-refractivity contribution in [3.05, 3.63) is 54.2 Å². The van der Waals surface area contributed by atoms with Gasteiger partial charge in [0.15, 0.2) is 0 Å². The number of aromatic nitrogens is 1. The van der Waals surface area contributed by atoms with Crippen LogP contribution >= 0.6 is 0 Å². The summed E-state index contributed by atoms with van der Waals surface area (Å²) in [7, 11) is 1.82. The van der Waals surface area contributed by atoms with Crippen LogP contribution in [-0.2, 0) is 17.8 Å². The van der Waals surface area contributed by atoms with Gasteiger partial charge < -0.3 is 9.15 Å². The van der Waals surface area contributed by atoms with Crippen LogP contribution in [0.15, 0.2) is 47.2 Å². The van der Waals surface area contributed by atoms with Crippen LogP contribution in [-0.4, -0.2) is 54.2 Å². The van der Waals surface area contributed by atoms with Crippen molar-refractivity contribution in [2.45, 2.75) is 38.4 Å². The van der Waals surface area contributed by atoms with E-state index in [1.54, 1.807) is 6.26 Å². The van der Waals surface area contributed by atoms with Gasteiger partial charge in [0.25, 0.3) is 0 Å². The number of hydrogen-bond acceptors (Lipinski definition) is 5. The van der Waals surface area contributed by atoms with E-state index in [4.69, 9.17) is 9.15 Å². The zero-order valence-corrected chi connectivity index (χ0v) is 15.6. The topological polar surface area (TPSA) is 41.7 Å². The molecule has 0 aromatic carbocycles. The van der Waals surface area contributed by atoms with Crippen LogP contribution in [0.4, 0.5) is 0 Å². The molecule has 2 aromatic rings. The van der Waals surface area contributed by atoms with Crippen molar-refractivity contribution < 1.29 is 9.15 Å². The fourth-order valence-corrected chi connectivity index (χ4v) is 4.67. The lowest BCUT2D eigenvalue weighted by atomic mass is 9.76. The van der Waals surface area contributed by atoms with Gasteiger partial charge in [0.1, 0.15) is 5.76 Å². The van der Waals surface area contributed by atoms with Crippen molar-refractivity contribution in [3.8, 4) is 0 Å². The van der Waals surface area contributed by atoms with E-state index in [0.29, 0.717) is 11.5 Å². The van der Waals surface area contributed by atoms with Gasteiger partial charge in [-0.25, -0.2) is 0 Å². The Kier molecular flexibility index (Phi) is 5.38. The summed E-state index contributed by atoms with van der Waals surface area (Å²) in [4.78, 5) is 9.64. The Labute approximate surface area is 156 Å². The lowest BCUT2D eigenvalue weighted by molar-refractivity contribution is 0.0964. The lowest BCUT2D eigenvalue weighted by Crippen LogP contribution is -2.41. The Bertz CT molecular complexity index is 666. The van der Waals surface area contributed by atoms with Gasteiger partial charge in [-0.05, 0) is 62.0 Å². The van der Waals surface area contributed by atoms with Crippen LogP contribution in [0.3, 0.4) is 0 Å². The molecular weight excluding hydrogens is 326 g/mol. The Hall–Kier alpha value is -1.69. The Balaban J connectivity index is 1.38. The quantitative estimate of drug-likeness (QED) is 0.796. The van der Waals surface area contributed by atoms with Gasteiger partial charge >= 0.3 is 0 Å². The van der Waals surface area contributed by atoms with Crippen LogP contribution in [0.25, 0.3) is 0 Å². The van der Waals surface area contributed by atoms with E-state index < -0.39 is 0 Å². The average Bonchev–Trinajstić information content (AvgIpc) is 3.27. The first-order chi connectivity index (χ1) is 12.8. The highest BCUT2D eigenvalue weighted by Gasteiger charge is 2.45. The Morgan fingerprint density at radius 1 is 1.19 bits per heavy atom. The molecular formula is C21H29N3O2. The molecule has 1 spiro atoms. The molecule has 5 heteroatoms. The third-order valence-electron chi connectivity index (χ3n) is 6.05. The van der Waals surface area contributed by atoms with E-state index in [-0.39, 0.29) is 0 Å². The highest BCUT2D eigenvalue weighted by atomic mass is 16.5. The minimum absolute atomic E-state index is 0.428. The zero-order chi connectivity index (χ0) is 17.8. The van der Waals surface area contributed by atoms with E-state index in [0.717, 1.165) is 50.8 Å². The molecule has 1 atom stereocenters. The smallest absolute Gasteiger partial charge is 0.117 e. The molecule has 0 amide bonds. The van der Waals surface area contributed by atoms with Crippen LogP contribution < -0.4 is 0 Å². The number of piperidine rings is 1. The second-order valence-corrected chi connectivity index (χ2v) is 7.89. The number of ether oxygens (including phenoxy) is 1. The second kappa shape index (κ2) is 7.91. The number of pyridine rings is 1. The molecule has 5 nitrogen and oxygen atoms in total. The maximum Gasteiger partial charge on any atom is 0.117 e. The van der Waals surface area contributed by atoms with Crippen LogP contribution in [0.5, 0.6) is 0 Å². The normalized spacial score (nSPS) is 23.7. The van der Waals surface area contributed by atoms with Crippen molar-refractivity contribution in [1.82, 2.24) is 14.8 Å². The van der Waals surface area contributed by atoms with E-state index in [9.17, 15) is 0 Å². The summed E-state index contributed by atoms with van der Waals surface area (Å²) in [6.45, 7) is 6.13.